The molecular formula is C26H28Cl2N4O3. The molecule has 3 N–H and O–H groups in total. The van der Waals surface area contributed by atoms with E-state index in [1.807, 2.05) is 19.1 Å². The van der Waals surface area contributed by atoms with Crippen molar-refractivity contribution in [3.8, 4) is 0 Å². The van der Waals surface area contributed by atoms with Crippen LogP contribution in [-0.4, -0.2) is 36.6 Å². The summed E-state index contributed by atoms with van der Waals surface area (Å²) in [6.07, 6.45) is 4.78. The second-order valence-corrected chi connectivity index (χ2v) is 8.83. The van der Waals surface area contributed by atoms with Crippen molar-refractivity contribution in [2.45, 2.75) is 19.8 Å². The number of nitrogens with one attached hydrogen (secondary N) is 1. The summed E-state index contributed by atoms with van der Waals surface area (Å²) < 4.78 is 5.49. The van der Waals surface area contributed by atoms with Gasteiger partial charge in [0, 0.05) is 47.3 Å². The molecule has 1 aliphatic rings. The zero-order valence-electron chi connectivity index (χ0n) is 19.4. The highest BCUT2D eigenvalue weighted by molar-refractivity contribution is 6.32. The maximum atomic E-state index is 13.1. The fourth-order valence-electron chi connectivity index (χ4n) is 4.03. The molecule has 3 aromatic rings. The fraction of sp³-hybridized carbons (Fsp3) is 0.269. The Morgan fingerprint density at radius 3 is 2.54 bits per heavy atom. The second-order valence-electron chi connectivity index (χ2n) is 8.42. The molecule has 1 aliphatic heterocycles. The van der Waals surface area contributed by atoms with Crippen LogP contribution in [0.5, 0.6) is 0 Å². The highest BCUT2D eigenvalue weighted by atomic mass is 35.5. The van der Waals surface area contributed by atoms with Gasteiger partial charge in [0.2, 0.25) is 0 Å². The number of halogens is 2. The third-order valence-corrected chi connectivity index (χ3v) is 6.50. The molecule has 1 aromatic heterocycles. The Kier molecular flexibility index (Phi) is 8.95. The summed E-state index contributed by atoms with van der Waals surface area (Å²) in [5.74, 6) is -0.0132. The standard InChI is InChI=1S/C26H27ClN4O3.ClH/c1-17-5-6-19(15-22(17)27)25(32)21-3-2-4-23(28)24(21)30-26(33)34-16-18-9-13-31(14-10-18)20-7-11-29-12-8-20;/h2-8,11-12,15,18H,9-10,13-14,16,28H2,1H3,(H,30,33);1H. The van der Waals surface area contributed by atoms with Crippen molar-refractivity contribution in [3.05, 3.63) is 82.6 Å². The number of ether oxygens (including phenoxy) is 1. The lowest BCUT2D eigenvalue weighted by molar-refractivity contribution is 0.103. The van der Waals surface area contributed by atoms with Crippen LogP contribution in [0.3, 0.4) is 0 Å². The Labute approximate surface area is 216 Å². The van der Waals surface area contributed by atoms with Crippen LogP contribution < -0.4 is 16.0 Å². The van der Waals surface area contributed by atoms with Gasteiger partial charge in [-0.25, -0.2) is 4.79 Å². The number of hydrogen-bond donors (Lipinski definition) is 2. The van der Waals surface area contributed by atoms with Gasteiger partial charge in [0.05, 0.1) is 18.0 Å². The Morgan fingerprint density at radius 1 is 1.14 bits per heavy atom. The van der Waals surface area contributed by atoms with Gasteiger partial charge in [-0.15, -0.1) is 12.4 Å². The summed E-state index contributed by atoms with van der Waals surface area (Å²) in [4.78, 5) is 32.0. The third kappa shape index (κ3) is 6.44. The number of para-hydroxylation sites is 1. The van der Waals surface area contributed by atoms with Crippen molar-refractivity contribution < 1.29 is 14.3 Å². The predicted octanol–water partition coefficient (Wildman–Crippen LogP) is 5.74. The van der Waals surface area contributed by atoms with Gasteiger partial charge < -0.3 is 15.4 Å². The Balaban J connectivity index is 0.00000342. The molecule has 2 aromatic carbocycles. The predicted molar refractivity (Wildman–Crippen MR) is 142 cm³/mol. The van der Waals surface area contributed by atoms with Crippen molar-refractivity contribution in [3.63, 3.8) is 0 Å². The smallest absolute Gasteiger partial charge is 0.411 e. The second kappa shape index (κ2) is 11.9. The number of carbonyl (C=O) groups is 2. The van der Waals surface area contributed by atoms with E-state index in [9.17, 15) is 9.59 Å². The molecule has 0 atom stereocenters. The molecule has 9 heteroatoms. The number of nitrogens with two attached hydrogens (primary N) is 1. The van der Waals surface area contributed by atoms with Gasteiger partial charge in [-0.1, -0.05) is 29.8 Å². The van der Waals surface area contributed by atoms with E-state index < -0.39 is 6.09 Å². The first kappa shape index (κ1) is 26.3. The molecule has 0 spiro atoms. The van der Waals surface area contributed by atoms with Crippen molar-refractivity contribution in [1.29, 1.82) is 0 Å². The van der Waals surface area contributed by atoms with E-state index >= 15 is 0 Å². The number of pyridine rings is 1. The molecule has 1 amide bonds. The lowest BCUT2D eigenvalue weighted by Gasteiger charge is -2.33. The molecule has 4 rings (SSSR count). The number of aromatic nitrogens is 1. The van der Waals surface area contributed by atoms with Gasteiger partial charge in [-0.3, -0.25) is 15.1 Å². The monoisotopic (exact) mass is 514 g/mol. The summed E-state index contributed by atoms with van der Waals surface area (Å²) in [6.45, 7) is 3.95. The molecule has 0 bridgehead atoms. The van der Waals surface area contributed by atoms with Crippen LogP contribution >= 0.6 is 24.0 Å². The number of carbonyl (C=O) groups excluding carboxylic acids is 2. The first-order chi connectivity index (χ1) is 16.4. The summed E-state index contributed by atoms with van der Waals surface area (Å²) >= 11 is 6.19. The van der Waals surface area contributed by atoms with Gasteiger partial charge in [0.25, 0.3) is 0 Å². The summed E-state index contributed by atoms with van der Waals surface area (Å²) in [7, 11) is 0. The first-order valence-electron chi connectivity index (χ1n) is 11.2. The van der Waals surface area contributed by atoms with Crippen molar-refractivity contribution in [1.82, 2.24) is 4.98 Å². The van der Waals surface area contributed by atoms with Crippen LogP contribution in [0.1, 0.15) is 34.3 Å². The third-order valence-electron chi connectivity index (χ3n) is 6.09. The zero-order valence-corrected chi connectivity index (χ0v) is 20.9. The first-order valence-corrected chi connectivity index (χ1v) is 11.6. The van der Waals surface area contributed by atoms with Crippen molar-refractivity contribution in [2.75, 3.05) is 35.6 Å². The molecule has 1 fully saturated rings. The average molecular weight is 515 g/mol. The largest absolute Gasteiger partial charge is 0.449 e. The number of amides is 1. The van der Waals surface area contributed by atoms with E-state index in [4.69, 9.17) is 22.1 Å². The minimum Gasteiger partial charge on any atom is -0.449 e. The van der Waals surface area contributed by atoms with Crippen LogP contribution in [0.25, 0.3) is 0 Å². The molecule has 0 unspecified atom stereocenters. The van der Waals surface area contributed by atoms with E-state index in [-0.39, 0.29) is 41.0 Å². The number of aryl methyl sites for hydroxylation is 1. The molecule has 2 heterocycles. The number of anilines is 3. The fourth-order valence-corrected chi connectivity index (χ4v) is 4.21. The van der Waals surface area contributed by atoms with Crippen LogP contribution in [0, 0.1) is 12.8 Å². The average Bonchev–Trinajstić information content (AvgIpc) is 2.86. The minimum atomic E-state index is -0.634. The van der Waals surface area contributed by atoms with Crippen molar-refractivity contribution in [2.24, 2.45) is 5.92 Å². The highest BCUT2D eigenvalue weighted by Gasteiger charge is 2.22. The zero-order chi connectivity index (χ0) is 24.1. The van der Waals surface area contributed by atoms with Crippen molar-refractivity contribution >= 4 is 52.9 Å². The van der Waals surface area contributed by atoms with E-state index in [0.29, 0.717) is 17.2 Å². The molecule has 35 heavy (non-hydrogen) atoms. The Morgan fingerprint density at radius 2 is 1.86 bits per heavy atom. The molecule has 0 aliphatic carbocycles. The molecule has 7 nitrogen and oxygen atoms in total. The van der Waals surface area contributed by atoms with Gasteiger partial charge in [-0.05, 0) is 61.6 Å². The van der Waals surface area contributed by atoms with Crippen LogP contribution in [0.4, 0.5) is 21.9 Å². The molecule has 1 saturated heterocycles. The van der Waals surface area contributed by atoms with Gasteiger partial charge >= 0.3 is 6.09 Å². The number of ketones is 1. The van der Waals surface area contributed by atoms with Crippen LogP contribution in [0.2, 0.25) is 5.02 Å². The number of benzene rings is 2. The summed E-state index contributed by atoms with van der Waals surface area (Å²) in [5, 5.41) is 3.17. The number of rotatable bonds is 6. The van der Waals surface area contributed by atoms with Gasteiger partial charge in [-0.2, -0.15) is 0 Å². The maximum absolute atomic E-state index is 13.1. The minimum absolute atomic E-state index is 0. The topological polar surface area (TPSA) is 97.5 Å². The lowest BCUT2D eigenvalue weighted by Crippen LogP contribution is -2.35. The van der Waals surface area contributed by atoms with E-state index in [1.165, 1.54) is 0 Å². The normalized spacial score (nSPS) is 13.6. The van der Waals surface area contributed by atoms with Crippen LogP contribution in [-0.2, 0) is 4.74 Å². The quantitative estimate of drug-likeness (QED) is 0.321. The maximum Gasteiger partial charge on any atom is 0.411 e. The molecular weight excluding hydrogens is 487 g/mol. The molecule has 184 valence electrons. The molecule has 0 radical (unpaired) electrons. The van der Waals surface area contributed by atoms with Gasteiger partial charge in [0.15, 0.2) is 5.78 Å². The highest BCUT2D eigenvalue weighted by Crippen LogP contribution is 2.28. The SMILES string of the molecule is Cc1ccc(C(=O)c2cccc(N)c2NC(=O)OCC2CCN(c3ccncc3)CC2)cc1Cl.Cl. The number of nitrogens with zero attached hydrogens (tertiary/aromatic N) is 2. The Hall–Kier alpha value is -3.29. The van der Waals surface area contributed by atoms with E-state index in [0.717, 1.165) is 37.2 Å². The van der Waals surface area contributed by atoms with E-state index in [1.54, 1.807) is 48.8 Å². The summed E-state index contributed by atoms with van der Waals surface area (Å²) in [5.41, 5.74) is 9.33. The van der Waals surface area contributed by atoms with Crippen LogP contribution in [0.15, 0.2) is 60.9 Å². The number of piperidine rings is 1. The summed E-state index contributed by atoms with van der Waals surface area (Å²) in [6, 6.07) is 14.0. The van der Waals surface area contributed by atoms with E-state index in [2.05, 4.69) is 15.2 Å². The number of nitrogen functional groups attached to an aromatic ring is 1. The lowest BCUT2D eigenvalue weighted by atomic mass is 9.97. The molecule has 0 saturated carbocycles. The Bertz CT molecular complexity index is 1180. The number of hydrogen-bond acceptors (Lipinski definition) is 6. The van der Waals surface area contributed by atoms with Gasteiger partial charge in [0.1, 0.15) is 0 Å².